The summed E-state index contributed by atoms with van der Waals surface area (Å²) in [4.78, 5) is 14.0. The van der Waals surface area contributed by atoms with E-state index in [1.54, 1.807) is 30.3 Å². The summed E-state index contributed by atoms with van der Waals surface area (Å²) in [6, 6.07) is 47.5. The van der Waals surface area contributed by atoms with Crippen LogP contribution in [-0.4, -0.2) is 109 Å². The van der Waals surface area contributed by atoms with Crippen LogP contribution in [0.3, 0.4) is 0 Å². The quantitative estimate of drug-likeness (QED) is 0.0391. The number of ether oxygens (including phenoxy) is 8. The molecule has 1 aliphatic carbocycles. The minimum absolute atomic E-state index is 0.0358. The third-order valence-electron chi connectivity index (χ3n) is 21.4. The van der Waals surface area contributed by atoms with Gasteiger partial charge in [0.25, 0.3) is 0 Å². The minimum atomic E-state index is -4.27. The fourth-order valence-corrected chi connectivity index (χ4v) is 16.8. The van der Waals surface area contributed by atoms with E-state index in [4.69, 9.17) is 37.9 Å². The molecule has 0 amide bonds. The maximum Gasteiger partial charge on any atom is 0.302 e. The van der Waals surface area contributed by atoms with Crippen LogP contribution in [0.2, 0.25) is 0 Å². The summed E-state index contributed by atoms with van der Waals surface area (Å²) < 4.78 is 87.0. The number of nitrogens with zero attached hydrogens (tertiary/aromatic N) is 2. The van der Waals surface area contributed by atoms with Crippen LogP contribution in [0, 0.1) is 6.92 Å². The van der Waals surface area contributed by atoms with Crippen LogP contribution in [0.1, 0.15) is 186 Å². The number of hydrogen-bond acceptors (Lipinski definition) is 15. The molecule has 13 rings (SSSR count). The van der Waals surface area contributed by atoms with Crippen molar-refractivity contribution in [2.24, 2.45) is 0 Å². The van der Waals surface area contributed by atoms with Gasteiger partial charge < -0.3 is 57.6 Å². The van der Waals surface area contributed by atoms with E-state index in [2.05, 4.69) is 186 Å². The lowest BCUT2D eigenvalue weighted by Gasteiger charge is -2.42. The van der Waals surface area contributed by atoms with Crippen molar-refractivity contribution in [3.8, 4) is 11.5 Å². The van der Waals surface area contributed by atoms with E-state index in [0.29, 0.717) is 50.5 Å². The Morgan fingerprint density at radius 1 is 0.699 bits per heavy atom. The number of phenols is 1. The van der Waals surface area contributed by atoms with Crippen molar-refractivity contribution in [2.75, 3.05) is 19.0 Å². The SMILES string of the molecule is CCCC1OC(CC2CC(CC)OC(c3cccc(OC4=C(/C=C/C5=[N+](C)c6ccc7ccccc7c6C5(C)C)CCC/C4=C\C=C4\N(C)c5ccc6ccccc6c5C4(C)C)c3)O2)CC(CC2CC(CC(O)CC(CC)OC(C)=O)OC(c3cccc(O)c3)O2)O1.Cc1ccc(S(=O)(=O)[O-])cc1. The number of benzene rings is 7. The van der Waals surface area contributed by atoms with Crippen molar-refractivity contribution in [3.63, 3.8) is 0 Å². The minimum Gasteiger partial charge on any atom is -0.744 e. The summed E-state index contributed by atoms with van der Waals surface area (Å²) in [7, 11) is 0.124. The lowest BCUT2D eigenvalue weighted by Crippen LogP contribution is -2.44. The number of esters is 1. The van der Waals surface area contributed by atoms with Gasteiger partial charge in [0.2, 0.25) is 5.69 Å². The van der Waals surface area contributed by atoms with E-state index in [1.165, 1.54) is 74.5 Å². The molecule has 11 unspecified atom stereocenters. The molecule has 17 heteroatoms. The zero-order valence-corrected chi connectivity index (χ0v) is 62.3. The summed E-state index contributed by atoms with van der Waals surface area (Å²) >= 11 is 0. The molecule has 7 aromatic rings. The van der Waals surface area contributed by atoms with Crippen LogP contribution in [0.4, 0.5) is 11.4 Å². The standard InChI is InChI=1S/C79H94N2O11.C7H8O3S/c1-11-21-72-86-62(46-63(87-72)48-65-45-61(43-57(84)42-58(12-2)85-49(4)82)90-76(92-65)54-26-19-28-56(83)40-54)47-64-44-59(13-3)89-77(91-64)55-27-20-29-60(41-55)88-75-52(34-38-70-78(5,6)73-66-30-16-14-22-50(66)32-36-68(73)80(70)9)24-18-25-53(75)35-39-71-79(7,8)74-67-31-17-15-23-51(67)33-37-69(74)81(71)10;1-6-2-4-7(5-3-6)11(8,9)10/h14-17,19-20,22-23,26-41,57-59,61-65,72,76-77,84H,11-13,18,21,24-25,42-48H2,1-10H3;2-5H,1H3,(H,8,9,10). The number of fused-ring (bicyclic) bond motifs is 6. The second kappa shape index (κ2) is 32.3. The normalized spacial score (nSPS) is 25.4. The van der Waals surface area contributed by atoms with Gasteiger partial charge in [-0.3, -0.25) is 4.79 Å². The predicted octanol–water partition coefficient (Wildman–Crippen LogP) is 17.9. The molecule has 546 valence electrons. The van der Waals surface area contributed by atoms with Gasteiger partial charge in [0.05, 0.1) is 53.0 Å². The van der Waals surface area contributed by atoms with Crippen molar-refractivity contribution >= 4 is 54.7 Å². The molecule has 0 spiro atoms. The number of hydrogen-bond donors (Lipinski definition) is 2. The zero-order valence-electron chi connectivity index (χ0n) is 61.5. The van der Waals surface area contributed by atoms with Gasteiger partial charge in [-0.2, -0.15) is 4.58 Å². The van der Waals surface area contributed by atoms with Crippen LogP contribution in [0.15, 0.2) is 197 Å². The molecule has 0 bridgehead atoms. The van der Waals surface area contributed by atoms with E-state index >= 15 is 0 Å². The smallest absolute Gasteiger partial charge is 0.302 e. The summed E-state index contributed by atoms with van der Waals surface area (Å²) in [5.74, 6) is 1.34. The van der Waals surface area contributed by atoms with E-state index < -0.39 is 41.2 Å². The molecule has 7 aromatic carbocycles. The van der Waals surface area contributed by atoms with Crippen LogP contribution < -0.4 is 9.64 Å². The van der Waals surface area contributed by atoms with Crippen LogP contribution in [0.25, 0.3) is 21.5 Å². The number of aliphatic hydroxyl groups is 1. The molecule has 3 fully saturated rings. The Kier molecular flexibility index (Phi) is 23.5. The van der Waals surface area contributed by atoms with Gasteiger partial charge >= 0.3 is 5.97 Å². The van der Waals surface area contributed by atoms with Crippen LogP contribution in [-0.2, 0) is 58.9 Å². The predicted molar refractivity (Wildman–Crippen MR) is 402 cm³/mol. The van der Waals surface area contributed by atoms with E-state index in [1.807, 2.05) is 19.9 Å². The molecule has 2 N–H and O–H groups in total. The van der Waals surface area contributed by atoms with Gasteiger partial charge in [-0.15, -0.1) is 0 Å². The third-order valence-corrected chi connectivity index (χ3v) is 22.2. The third kappa shape index (κ3) is 17.3. The second-order valence-corrected chi connectivity index (χ2v) is 31.1. The van der Waals surface area contributed by atoms with Gasteiger partial charge in [-0.05, 0) is 165 Å². The first-order valence-electron chi connectivity index (χ1n) is 37.0. The summed E-state index contributed by atoms with van der Waals surface area (Å²) in [6.45, 7) is 18.9. The number of anilines is 1. The van der Waals surface area contributed by atoms with Crippen molar-refractivity contribution in [1.29, 1.82) is 0 Å². The molecule has 5 heterocycles. The molecule has 103 heavy (non-hydrogen) atoms. The Balaban J connectivity index is 0.000000832. The summed E-state index contributed by atoms with van der Waals surface area (Å²) in [5, 5.41) is 26.9. The molecule has 5 aliphatic heterocycles. The molecule has 6 aliphatic rings. The molecular formula is C86H102N2O14S. The van der Waals surface area contributed by atoms with Crippen LogP contribution in [0.5, 0.6) is 11.5 Å². The fourth-order valence-electron chi connectivity index (χ4n) is 16.3. The molecule has 3 saturated heterocycles. The summed E-state index contributed by atoms with van der Waals surface area (Å²) in [5.41, 5.74) is 12.0. The maximum atomic E-state index is 11.8. The average molecular weight is 1420 g/mol. The highest BCUT2D eigenvalue weighted by Gasteiger charge is 2.46. The van der Waals surface area contributed by atoms with Gasteiger partial charge in [0, 0.05) is 98.1 Å². The lowest BCUT2D eigenvalue weighted by atomic mass is 9.78. The number of carbonyl (C=O) groups is 1. The number of phenolic OH excluding ortho intramolecular Hbond substituents is 1. The van der Waals surface area contributed by atoms with Gasteiger partial charge in [0.1, 0.15) is 40.5 Å². The van der Waals surface area contributed by atoms with Gasteiger partial charge in [-0.1, -0.05) is 144 Å². The Hall–Kier alpha value is -7.81. The number of likely N-dealkylation sites (N-methyl/N-ethyl adjacent to an activating group) is 1. The Morgan fingerprint density at radius 3 is 1.94 bits per heavy atom. The number of allylic oxidation sites excluding steroid dienone is 7. The largest absolute Gasteiger partial charge is 0.744 e. The molecule has 11 atom stereocenters. The molecule has 16 nitrogen and oxygen atoms in total. The van der Waals surface area contributed by atoms with E-state index in [9.17, 15) is 28.0 Å². The Labute approximate surface area is 608 Å². The van der Waals surface area contributed by atoms with Gasteiger partial charge in [-0.25, -0.2) is 8.42 Å². The average Bonchev–Trinajstić information content (AvgIpc) is 1.58. The summed E-state index contributed by atoms with van der Waals surface area (Å²) in [6.07, 6.45) is 14.8. The first-order valence-corrected chi connectivity index (χ1v) is 38.4. The van der Waals surface area contributed by atoms with Crippen molar-refractivity contribution < 1.29 is 70.4 Å². The molecule has 0 saturated carbocycles. The number of aryl methyl sites for hydroxylation is 1. The Bertz CT molecular complexity index is 4480. The monoisotopic (exact) mass is 1420 g/mol. The number of aliphatic hydroxyl groups excluding tert-OH is 1. The Morgan fingerprint density at radius 2 is 1.30 bits per heavy atom. The zero-order chi connectivity index (χ0) is 72.9. The fraction of sp³-hybridized carbons (Fsp3) is 0.442. The highest BCUT2D eigenvalue weighted by molar-refractivity contribution is 7.85. The second-order valence-electron chi connectivity index (χ2n) is 29.7. The molecule has 0 aromatic heterocycles. The molecule has 0 radical (unpaired) electrons. The molecular weight excluding hydrogens is 1320 g/mol. The topological polar surface area (TPSA) is 195 Å². The first-order chi connectivity index (χ1) is 49.4. The number of carbonyl (C=O) groups excluding carboxylic acids is 1. The number of aromatic hydroxyl groups is 1. The van der Waals surface area contributed by atoms with Crippen molar-refractivity contribution in [3.05, 3.63) is 220 Å². The van der Waals surface area contributed by atoms with Gasteiger partial charge in [0.15, 0.2) is 24.6 Å². The van der Waals surface area contributed by atoms with Crippen molar-refractivity contribution in [2.45, 2.75) is 236 Å². The maximum absolute atomic E-state index is 11.8. The van der Waals surface area contributed by atoms with Crippen LogP contribution >= 0.6 is 0 Å². The lowest BCUT2D eigenvalue weighted by molar-refractivity contribution is -0.401. The van der Waals surface area contributed by atoms with Crippen molar-refractivity contribution in [1.82, 2.24) is 0 Å². The first kappa shape index (κ1) is 74.9. The highest BCUT2D eigenvalue weighted by atomic mass is 32.2. The number of rotatable bonds is 21. The van der Waals surface area contributed by atoms with E-state index in [-0.39, 0.29) is 64.1 Å². The van der Waals surface area contributed by atoms with E-state index in [0.717, 1.165) is 78.7 Å². The highest BCUT2D eigenvalue weighted by Crippen LogP contribution is 2.51.